The van der Waals surface area contributed by atoms with E-state index in [4.69, 9.17) is 4.74 Å². The molecule has 1 N–H and O–H groups in total. The molecule has 0 amide bonds. The molecule has 2 aliphatic rings. The van der Waals surface area contributed by atoms with Crippen LogP contribution in [-0.4, -0.2) is 29.1 Å². The second kappa shape index (κ2) is 7.45. The average molecular weight is 468 g/mol. The highest BCUT2D eigenvalue weighted by Gasteiger charge is 2.33. The summed E-state index contributed by atoms with van der Waals surface area (Å²) in [7, 11) is 1.72. The predicted molar refractivity (Wildman–Crippen MR) is 109 cm³/mol. The zero-order valence-electron chi connectivity index (χ0n) is 14.5. The molecule has 0 spiro atoms. The Labute approximate surface area is 166 Å². The van der Waals surface area contributed by atoms with Crippen LogP contribution < -0.4 is 4.74 Å². The number of ether oxygens (including phenoxy) is 1. The number of hydrogen-bond donors (Lipinski definition) is 1. The number of nitrogens with one attached hydrogen (secondary N) is 1. The number of rotatable bonds is 4. The molecule has 0 unspecified atom stereocenters. The quantitative estimate of drug-likeness (QED) is 0.586. The van der Waals surface area contributed by atoms with E-state index >= 15 is 0 Å². The Morgan fingerprint density at radius 1 is 1.08 bits per heavy atom. The van der Waals surface area contributed by atoms with Gasteiger partial charge in [-0.2, -0.15) is 0 Å². The first kappa shape index (κ1) is 17.6. The molecule has 2 bridgehead atoms. The standard InChI is InChI=1S/C20H24Br2N2O/c1-25-20-17(10-13(21)11-18(20)22)19-9-8-14(23-19)12-24-15-4-2-5-16(24)7-3-6-15/h8-11,15-16,23H,2-7,12H2,1H3. The smallest absolute Gasteiger partial charge is 0.142 e. The van der Waals surface area contributed by atoms with Crippen molar-refractivity contribution in [3.05, 3.63) is 38.9 Å². The van der Waals surface area contributed by atoms with E-state index in [9.17, 15) is 0 Å². The molecule has 5 heteroatoms. The van der Waals surface area contributed by atoms with E-state index in [1.165, 1.54) is 44.2 Å². The molecule has 2 fully saturated rings. The Morgan fingerprint density at radius 3 is 2.40 bits per heavy atom. The molecule has 134 valence electrons. The van der Waals surface area contributed by atoms with Gasteiger partial charge in [0, 0.05) is 40.1 Å². The van der Waals surface area contributed by atoms with E-state index in [-0.39, 0.29) is 0 Å². The summed E-state index contributed by atoms with van der Waals surface area (Å²) >= 11 is 7.18. The lowest BCUT2D eigenvalue weighted by Gasteiger charge is -2.46. The highest BCUT2D eigenvalue weighted by molar-refractivity contribution is 9.11. The molecule has 1 aromatic heterocycles. The fraction of sp³-hybridized carbons (Fsp3) is 0.500. The minimum Gasteiger partial charge on any atom is -0.495 e. The van der Waals surface area contributed by atoms with E-state index < -0.39 is 0 Å². The van der Waals surface area contributed by atoms with Crippen LogP contribution in [0.4, 0.5) is 0 Å². The van der Waals surface area contributed by atoms with Crippen molar-refractivity contribution < 1.29 is 4.74 Å². The van der Waals surface area contributed by atoms with Crippen LogP contribution in [0.15, 0.2) is 33.2 Å². The number of piperidine rings is 2. The van der Waals surface area contributed by atoms with Crippen molar-refractivity contribution in [3.8, 4) is 17.0 Å². The normalized spacial score (nSPS) is 23.6. The van der Waals surface area contributed by atoms with Gasteiger partial charge in [-0.15, -0.1) is 0 Å². The molecule has 2 aliphatic heterocycles. The van der Waals surface area contributed by atoms with Crippen molar-refractivity contribution in [1.29, 1.82) is 0 Å². The van der Waals surface area contributed by atoms with Crippen LogP contribution in [0.5, 0.6) is 5.75 Å². The summed E-state index contributed by atoms with van der Waals surface area (Å²) in [4.78, 5) is 6.38. The summed E-state index contributed by atoms with van der Waals surface area (Å²) in [5, 5.41) is 0. The maximum atomic E-state index is 5.61. The average Bonchev–Trinajstić information content (AvgIpc) is 3.02. The van der Waals surface area contributed by atoms with Crippen LogP contribution in [0.1, 0.15) is 44.2 Å². The fourth-order valence-corrected chi connectivity index (χ4v) is 5.93. The van der Waals surface area contributed by atoms with Gasteiger partial charge in [-0.25, -0.2) is 0 Å². The monoisotopic (exact) mass is 466 g/mol. The molecule has 25 heavy (non-hydrogen) atoms. The van der Waals surface area contributed by atoms with Gasteiger partial charge < -0.3 is 9.72 Å². The number of hydrogen-bond acceptors (Lipinski definition) is 2. The van der Waals surface area contributed by atoms with E-state index in [2.05, 4.69) is 59.9 Å². The summed E-state index contributed by atoms with van der Waals surface area (Å²) in [6.45, 7) is 1.03. The molecule has 0 saturated carbocycles. The van der Waals surface area contributed by atoms with Gasteiger partial charge in [0.05, 0.1) is 11.6 Å². The molecular weight excluding hydrogens is 444 g/mol. The van der Waals surface area contributed by atoms with Crippen molar-refractivity contribution in [3.63, 3.8) is 0 Å². The number of aromatic amines is 1. The van der Waals surface area contributed by atoms with E-state index in [1.807, 2.05) is 6.07 Å². The highest BCUT2D eigenvalue weighted by atomic mass is 79.9. The maximum Gasteiger partial charge on any atom is 0.142 e. The summed E-state index contributed by atoms with van der Waals surface area (Å²) in [6.07, 6.45) is 8.30. The first-order valence-electron chi connectivity index (χ1n) is 9.12. The Hall–Kier alpha value is -0.780. The molecule has 0 radical (unpaired) electrons. The second-order valence-corrected chi connectivity index (χ2v) is 8.98. The van der Waals surface area contributed by atoms with Gasteiger partial charge in [-0.05, 0) is 65.9 Å². The Balaban J connectivity index is 1.59. The number of methoxy groups -OCH3 is 1. The third-order valence-electron chi connectivity index (χ3n) is 5.69. The zero-order valence-corrected chi connectivity index (χ0v) is 17.7. The summed E-state index contributed by atoms with van der Waals surface area (Å²) in [6, 6.07) is 10.1. The lowest BCUT2D eigenvalue weighted by atomic mass is 9.84. The van der Waals surface area contributed by atoms with Crippen LogP contribution >= 0.6 is 31.9 Å². The largest absolute Gasteiger partial charge is 0.495 e. The van der Waals surface area contributed by atoms with Crippen molar-refractivity contribution in [1.82, 2.24) is 9.88 Å². The summed E-state index contributed by atoms with van der Waals surface area (Å²) in [5.74, 6) is 0.867. The van der Waals surface area contributed by atoms with Crippen LogP contribution in [0, 0.1) is 0 Å². The zero-order chi connectivity index (χ0) is 17.4. The van der Waals surface area contributed by atoms with E-state index in [0.717, 1.165) is 44.6 Å². The molecule has 3 heterocycles. The van der Waals surface area contributed by atoms with Crippen molar-refractivity contribution in [2.24, 2.45) is 0 Å². The highest BCUT2D eigenvalue weighted by Crippen LogP contribution is 2.39. The van der Waals surface area contributed by atoms with E-state index in [1.54, 1.807) is 7.11 Å². The lowest BCUT2D eigenvalue weighted by molar-refractivity contribution is 0.0323. The SMILES string of the molecule is COc1c(Br)cc(Br)cc1-c1ccc(CN2C3CCCC2CCC3)[nH]1. The van der Waals surface area contributed by atoms with E-state index in [0.29, 0.717) is 0 Å². The molecule has 0 atom stereocenters. The third-order valence-corrected chi connectivity index (χ3v) is 6.74. The van der Waals surface area contributed by atoms with Gasteiger partial charge in [0.25, 0.3) is 0 Å². The number of halogens is 2. The minimum atomic E-state index is 0.786. The Bertz CT molecular complexity index is 736. The van der Waals surface area contributed by atoms with Crippen LogP contribution in [-0.2, 0) is 6.54 Å². The third kappa shape index (κ3) is 3.56. The second-order valence-electron chi connectivity index (χ2n) is 7.21. The van der Waals surface area contributed by atoms with Gasteiger partial charge in [0.15, 0.2) is 0 Å². The lowest BCUT2D eigenvalue weighted by Crippen LogP contribution is -2.48. The topological polar surface area (TPSA) is 28.3 Å². The Kier molecular flexibility index (Phi) is 5.25. The van der Waals surface area contributed by atoms with Crippen LogP contribution in [0.2, 0.25) is 0 Å². The summed E-state index contributed by atoms with van der Waals surface area (Å²) < 4.78 is 7.61. The molecule has 0 aliphatic carbocycles. The van der Waals surface area contributed by atoms with Crippen LogP contribution in [0.3, 0.4) is 0 Å². The van der Waals surface area contributed by atoms with Crippen molar-refractivity contribution in [2.45, 2.75) is 57.2 Å². The van der Waals surface area contributed by atoms with Gasteiger partial charge in [-0.1, -0.05) is 28.8 Å². The number of H-pyrrole nitrogens is 1. The predicted octanol–water partition coefficient (Wildman–Crippen LogP) is 6.12. The molecule has 1 aromatic carbocycles. The van der Waals surface area contributed by atoms with Gasteiger partial charge in [0.1, 0.15) is 5.75 Å². The molecule has 2 saturated heterocycles. The van der Waals surface area contributed by atoms with Gasteiger partial charge in [-0.3, -0.25) is 4.90 Å². The molecule has 3 nitrogen and oxygen atoms in total. The fourth-order valence-electron chi connectivity index (χ4n) is 4.54. The summed E-state index contributed by atoms with van der Waals surface area (Å²) in [5.41, 5.74) is 3.48. The van der Waals surface area contributed by atoms with Gasteiger partial charge >= 0.3 is 0 Å². The number of benzene rings is 1. The minimum absolute atomic E-state index is 0.786. The maximum absolute atomic E-state index is 5.61. The first-order valence-corrected chi connectivity index (χ1v) is 10.7. The van der Waals surface area contributed by atoms with Gasteiger partial charge in [0.2, 0.25) is 0 Å². The molecule has 2 aromatic rings. The first-order chi connectivity index (χ1) is 12.2. The van der Waals surface area contributed by atoms with Crippen LogP contribution in [0.25, 0.3) is 11.3 Å². The van der Waals surface area contributed by atoms with Crippen molar-refractivity contribution >= 4 is 31.9 Å². The number of aromatic nitrogens is 1. The molecular formula is C20H24Br2N2O. The number of fused-ring (bicyclic) bond motifs is 2. The molecule has 4 rings (SSSR count). The number of nitrogens with zero attached hydrogens (tertiary/aromatic N) is 1. The Morgan fingerprint density at radius 2 is 1.76 bits per heavy atom. The van der Waals surface area contributed by atoms with Crippen molar-refractivity contribution in [2.75, 3.05) is 7.11 Å².